The summed E-state index contributed by atoms with van der Waals surface area (Å²) in [6.07, 6.45) is 0. The van der Waals surface area contributed by atoms with Gasteiger partial charge in [-0.1, -0.05) is 183 Å². The molecule has 0 amide bonds. The summed E-state index contributed by atoms with van der Waals surface area (Å²) in [4.78, 5) is 15.2. The van der Waals surface area contributed by atoms with Gasteiger partial charge in [0.15, 0.2) is 17.5 Å². The van der Waals surface area contributed by atoms with Gasteiger partial charge in [-0.2, -0.15) is 0 Å². The topological polar surface area (TPSA) is 38.7 Å². The summed E-state index contributed by atoms with van der Waals surface area (Å²) in [6, 6.07) is 64.9. The lowest BCUT2D eigenvalue weighted by molar-refractivity contribution is 1.07. The third-order valence-electron chi connectivity index (χ3n) is 10.3. The molecule has 1 aromatic heterocycles. The molecule has 258 valence electrons. The van der Waals surface area contributed by atoms with Gasteiger partial charge in [0.05, 0.1) is 8.07 Å². The maximum atomic E-state index is 5.11. The maximum absolute atomic E-state index is 5.11. The number of fused-ring (bicyclic) bond motifs is 3. The van der Waals surface area contributed by atoms with Crippen LogP contribution < -0.4 is 5.19 Å². The van der Waals surface area contributed by atoms with Crippen LogP contribution in [0, 0.1) is 0 Å². The number of hydrogen-bond acceptors (Lipinski definition) is 3. The van der Waals surface area contributed by atoms with Crippen LogP contribution in [0.3, 0.4) is 0 Å². The molecule has 8 aromatic carbocycles. The average Bonchev–Trinajstić information content (AvgIpc) is 3.23. The molecule has 0 aliphatic heterocycles. The van der Waals surface area contributed by atoms with Crippen LogP contribution in [-0.4, -0.2) is 23.0 Å². The summed E-state index contributed by atoms with van der Waals surface area (Å²) >= 11 is 0. The van der Waals surface area contributed by atoms with Gasteiger partial charge >= 0.3 is 0 Å². The van der Waals surface area contributed by atoms with E-state index < -0.39 is 8.07 Å². The largest absolute Gasteiger partial charge is 0.208 e. The van der Waals surface area contributed by atoms with Crippen LogP contribution in [-0.2, 0) is 0 Å². The predicted molar refractivity (Wildman–Crippen MR) is 230 cm³/mol. The average molecular weight is 710 g/mol. The highest BCUT2D eigenvalue weighted by atomic mass is 28.3. The van der Waals surface area contributed by atoms with Gasteiger partial charge in [0.1, 0.15) is 0 Å². The second-order valence-electron chi connectivity index (χ2n) is 15.0. The molecule has 54 heavy (non-hydrogen) atoms. The Morgan fingerprint density at radius 3 is 1.33 bits per heavy atom. The number of aromatic nitrogens is 3. The fourth-order valence-corrected chi connectivity index (χ4v) is 8.43. The van der Waals surface area contributed by atoms with E-state index >= 15 is 0 Å². The first-order valence-corrected chi connectivity index (χ1v) is 22.0. The number of nitrogens with zero attached hydrogens (tertiary/aromatic N) is 3. The van der Waals surface area contributed by atoms with Crippen molar-refractivity contribution in [1.82, 2.24) is 15.0 Å². The highest BCUT2D eigenvalue weighted by Crippen LogP contribution is 2.33. The van der Waals surface area contributed by atoms with E-state index in [4.69, 9.17) is 15.0 Å². The smallest absolute Gasteiger partial charge is 0.164 e. The van der Waals surface area contributed by atoms with Crippen molar-refractivity contribution in [2.24, 2.45) is 0 Å². The van der Waals surface area contributed by atoms with E-state index in [9.17, 15) is 0 Å². The highest BCUT2D eigenvalue weighted by Gasteiger charge is 2.17. The first kappa shape index (κ1) is 33.4. The third-order valence-corrected chi connectivity index (χ3v) is 12.3. The lowest BCUT2D eigenvalue weighted by atomic mass is 9.95. The van der Waals surface area contributed by atoms with E-state index in [1.54, 1.807) is 0 Å². The molecule has 0 radical (unpaired) electrons. The van der Waals surface area contributed by atoms with E-state index in [0.29, 0.717) is 17.5 Å². The van der Waals surface area contributed by atoms with E-state index in [1.165, 1.54) is 43.6 Å². The van der Waals surface area contributed by atoms with Crippen molar-refractivity contribution in [3.05, 3.63) is 182 Å². The maximum Gasteiger partial charge on any atom is 0.164 e. The summed E-state index contributed by atoms with van der Waals surface area (Å²) < 4.78 is 0. The number of hydrogen-bond donors (Lipinski definition) is 0. The van der Waals surface area contributed by atoms with Crippen molar-refractivity contribution >= 4 is 34.8 Å². The quantitative estimate of drug-likeness (QED) is 0.122. The van der Waals surface area contributed by atoms with Crippen LogP contribution in [0.15, 0.2) is 182 Å². The predicted octanol–water partition coefficient (Wildman–Crippen LogP) is 12.7. The molecule has 0 saturated heterocycles. The van der Waals surface area contributed by atoms with E-state index in [2.05, 4.69) is 183 Å². The molecular formula is C50H39N3Si. The van der Waals surface area contributed by atoms with Crippen LogP contribution in [0.1, 0.15) is 0 Å². The number of rotatable bonds is 7. The Balaban J connectivity index is 1.08. The van der Waals surface area contributed by atoms with Crippen molar-refractivity contribution in [3.8, 4) is 67.5 Å². The normalized spacial score (nSPS) is 11.6. The van der Waals surface area contributed by atoms with E-state index in [-0.39, 0.29) is 0 Å². The second-order valence-corrected chi connectivity index (χ2v) is 20.0. The lowest BCUT2D eigenvalue weighted by Crippen LogP contribution is -2.37. The first-order valence-electron chi connectivity index (χ1n) is 18.5. The zero-order valence-electron chi connectivity index (χ0n) is 30.7. The van der Waals surface area contributed by atoms with Crippen molar-refractivity contribution < 1.29 is 0 Å². The summed E-state index contributed by atoms with van der Waals surface area (Å²) in [7, 11) is -1.35. The minimum atomic E-state index is -1.35. The Kier molecular flexibility index (Phi) is 8.53. The fraction of sp³-hybridized carbons (Fsp3) is 0.0600. The van der Waals surface area contributed by atoms with Gasteiger partial charge in [-0.25, -0.2) is 15.0 Å². The van der Waals surface area contributed by atoms with Crippen LogP contribution in [0.25, 0.3) is 89.1 Å². The molecule has 1 heterocycles. The molecule has 0 saturated carbocycles. The van der Waals surface area contributed by atoms with Gasteiger partial charge in [0.25, 0.3) is 0 Å². The van der Waals surface area contributed by atoms with Gasteiger partial charge in [-0.15, -0.1) is 0 Å². The molecule has 9 rings (SSSR count). The van der Waals surface area contributed by atoms with Crippen LogP contribution in [0.2, 0.25) is 19.6 Å². The Morgan fingerprint density at radius 2 is 0.722 bits per heavy atom. The minimum Gasteiger partial charge on any atom is -0.208 e. The molecule has 0 N–H and O–H groups in total. The molecule has 3 nitrogen and oxygen atoms in total. The van der Waals surface area contributed by atoms with Gasteiger partial charge in [-0.3, -0.25) is 0 Å². The molecule has 0 fully saturated rings. The molecule has 0 spiro atoms. The second kappa shape index (κ2) is 13.8. The summed E-state index contributed by atoms with van der Waals surface area (Å²) in [5, 5.41) is 6.32. The number of benzene rings is 8. The van der Waals surface area contributed by atoms with E-state index in [1.807, 2.05) is 18.2 Å². The Morgan fingerprint density at radius 1 is 0.296 bits per heavy atom. The van der Waals surface area contributed by atoms with Crippen molar-refractivity contribution in [2.75, 3.05) is 0 Å². The highest BCUT2D eigenvalue weighted by molar-refractivity contribution is 6.88. The zero-order chi connectivity index (χ0) is 36.6. The monoisotopic (exact) mass is 709 g/mol. The molecule has 0 aliphatic rings. The van der Waals surface area contributed by atoms with Gasteiger partial charge in [0, 0.05) is 16.7 Å². The minimum absolute atomic E-state index is 0.642. The molecule has 0 bridgehead atoms. The van der Waals surface area contributed by atoms with Crippen molar-refractivity contribution in [3.63, 3.8) is 0 Å². The summed E-state index contributed by atoms with van der Waals surface area (Å²) in [6.45, 7) is 7.17. The van der Waals surface area contributed by atoms with E-state index in [0.717, 1.165) is 33.2 Å². The molecular weight excluding hydrogens is 671 g/mol. The Labute approximate surface area is 317 Å². The van der Waals surface area contributed by atoms with Crippen molar-refractivity contribution in [1.29, 1.82) is 0 Å². The standard InChI is InChI=1S/C50H39N3Si/c1-54(2,3)45-27-24-34(25-28-45)37-15-9-16-38(30-37)39-17-10-18-40(31-39)41-19-11-20-43(32-41)49-51-48(36-13-5-4-6-14-36)52-50(53-49)44-26-29-47-42(33-44)23-22-35-12-7-8-21-46(35)47/h4-33H,1-3H3. The molecule has 0 aliphatic carbocycles. The SMILES string of the molecule is C[Si](C)(C)c1ccc(-c2cccc(-c3cccc(-c4cccc(-c5nc(-c6ccccc6)nc(-c6ccc7c(ccc8ccccc87)c6)n5)c4)c3)c2)cc1. The van der Waals surface area contributed by atoms with Gasteiger partial charge < -0.3 is 0 Å². The summed E-state index contributed by atoms with van der Waals surface area (Å²) in [5.41, 5.74) is 9.92. The molecule has 9 aromatic rings. The fourth-order valence-electron chi connectivity index (χ4n) is 7.26. The zero-order valence-corrected chi connectivity index (χ0v) is 31.7. The molecule has 0 atom stereocenters. The first-order chi connectivity index (χ1) is 26.4. The molecule has 0 unspecified atom stereocenters. The molecule has 4 heteroatoms. The van der Waals surface area contributed by atoms with Crippen LogP contribution in [0.4, 0.5) is 0 Å². The summed E-state index contributed by atoms with van der Waals surface area (Å²) in [5.74, 6) is 1.94. The third kappa shape index (κ3) is 6.64. The lowest BCUT2D eigenvalue weighted by Gasteiger charge is -2.17. The Hall–Kier alpha value is -6.49. The van der Waals surface area contributed by atoms with Gasteiger partial charge in [0.2, 0.25) is 0 Å². The van der Waals surface area contributed by atoms with Crippen molar-refractivity contribution in [2.45, 2.75) is 19.6 Å². The Bertz CT molecular complexity index is 2800. The van der Waals surface area contributed by atoms with Crippen LogP contribution in [0.5, 0.6) is 0 Å². The van der Waals surface area contributed by atoms with Crippen LogP contribution >= 0.6 is 0 Å². The van der Waals surface area contributed by atoms with Gasteiger partial charge in [-0.05, 0) is 79.2 Å².